The normalized spacial score (nSPS) is 22.0. The maximum absolute atomic E-state index is 12.5. The Balaban J connectivity index is 2.93. The van der Waals surface area contributed by atoms with Gasteiger partial charge in [-0.25, -0.2) is 8.42 Å². The van der Waals surface area contributed by atoms with Crippen LogP contribution in [0, 0.1) is 0 Å². The fourth-order valence-electron chi connectivity index (χ4n) is 2.20. The summed E-state index contributed by atoms with van der Waals surface area (Å²) in [6.07, 6.45) is 4.77. The monoisotopic (exact) mass is 295 g/mol. The lowest BCUT2D eigenvalue weighted by atomic mass is 9.98. The summed E-state index contributed by atoms with van der Waals surface area (Å²) in [6, 6.07) is 0.0878. The molecule has 0 aromatic rings. The molecule has 1 aliphatic heterocycles. The first-order valence-corrected chi connectivity index (χ1v) is 8.71. The zero-order valence-corrected chi connectivity index (χ0v) is 12.9. The first-order chi connectivity index (χ1) is 8.21. The molecule has 0 aromatic carbocycles. The summed E-state index contributed by atoms with van der Waals surface area (Å²) in [5.74, 6) is 0.202. The number of likely N-dealkylation sites (tertiary alicyclic amines) is 1. The highest BCUT2D eigenvalue weighted by Crippen LogP contribution is 2.26. The molecule has 106 valence electrons. The third-order valence-electron chi connectivity index (χ3n) is 3.77. The molecular weight excluding hydrogens is 274 g/mol. The van der Waals surface area contributed by atoms with E-state index < -0.39 is 14.6 Å². The number of sulfone groups is 1. The molecule has 0 aromatic heterocycles. The largest absolute Gasteiger partial charge is 0.338 e. The van der Waals surface area contributed by atoms with Crippen molar-refractivity contribution in [2.24, 2.45) is 0 Å². The van der Waals surface area contributed by atoms with Gasteiger partial charge in [0.2, 0.25) is 5.91 Å². The van der Waals surface area contributed by atoms with Crippen LogP contribution in [0.4, 0.5) is 0 Å². The van der Waals surface area contributed by atoms with Crippen molar-refractivity contribution in [3.8, 4) is 0 Å². The van der Waals surface area contributed by atoms with Crippen LogP contribution >= 0.6 is 11.6 Å². The van der Waals surface area contributed by atoms with E-state index in [1.54, 1.807) is 4.90 Å². The van der Waals surface area contributed by atoms with E-state index in [4.69, 9.17) is 11.6 Å². The van der Waals surface area contributed by atoms with Crippen LogP contribution in [-0.2, 0) is 14.6 Å². The summed E-state index contributed by atoms with van der Waals surface area (Å²) in [7, 11) is -3.41. The van der Waals surface area contributed by atoms with Gasteiger partial charge in [-0.2, -0.15) is 0 Å². The van der Waals surface area contributed by atoms with Crippen LogP contribution < -0.4 is 0 Å². The number of rotatable bonds is 4. The number of carbonyl (C=O) groups excluding carboxylic acids is 1. The van der Waals surface area contributed by atoms with Gasteiger partial charge < -0.3 is 4.90 Å². The molecule has 1 atom stereocenters. The highest BCUT2D eigenvalue weighted by molar-refractivity contribution is 7.92. The molecule has 6 heteroatoms. The van der Waals surface area contributed by atoms with Crippen LogP contribution in [0.25, 0.3) is 0 Å². The van der Waals surface area contributed by atoms with E-state index in [0.29, 0.717) is 12.4 Å². The molecule has 4 nitrogen and oxygen atoms in total. The zero-order chi connectivity index (χ0) is 14.0. The van der Waals surface area contributed by atoms with Crippen LogP contribution in [0.15, 0.2) is 0 Å². The van der Waals surface area contributed by atoms with Gasteiger partial charge in [0.1, 0.15) is 4.75 Å². The number of hydrogen-bond donors (Lipinski definition) is 0. The molecule has 1 amide bonds. The molecule has 0 spiro atoms. The van der Waals surface area contributed by atoms with E-state index >= 15 is 0 Å². The topological polar surface area (TPSA) is 54.5 Å². The van der Waals surface area contributed by atoms with Crippen molar-refractivity contribution < 1.29 is 13.2 Å². The van der Waals surface area contributed by atoms with Gasteiger partial charge in [-0.05, 0) is 39.5 Å². The summed E-state index contributed by atoms with van der Waals surface area (Å²) >= 11 is 5.75. The molecule has 1 heterocycles. The Kier molecular flexibility index (Phi) is 5.06. The van der Waals surface area contributed by atoms with Crippen molar-refractivity contribution in [3.05, 3.63) is 0 Å². The molecule has 0 saturated carbocycles. The maximum Gasteiger partial charge on any atom is 0.243 e. The van der Waals surface area contributed by atoms with Crippen molar-refractivity contribution in [1.29, 1.82) is 0 Å². The molecular formula is C12H22ClNO3S. The highest BCUT2D eigenvalue weighted by Gasteiger charge is 2.43. The summed E-state index contributed by atoms with van der Waals surface area (Å²) in [6.45, 7) is 3.60. The molecule has 0 aliphatic carbocycles. The third kappa shape index (κ3) is 3.18. The standard InChI is InChI=1S/C12H22ClNO3S/c1-12(2,18(3,16)17)11(15)14-9-5-4-6-10(14)7-8-13/h10H,4-9H2,1-3H3. The average Bonchev–Trinajstić information content (AvgIpc) is 2.28. The SMILES string of the molecule is CC(C)(C(=O)N1CCCCC1CCCl)S(C)(=O)=O. The van der Waals surface area contributed by atoms with Gasteiger partial charge in [0.25, 0.3) is 0 Å². The van der Waals surface area contributed by atoms with Crippen LogP contribution in [-0.4, -0.2) is 48.7 Å². The number of piperidine rings is 1. The quantitative estimate of drug-likeness (QED) is 0.744. The number of alkyl halides is 1. The summed E-state index contributed by atoms with van der Waals surface area (Å²) in [5.41, 5.74) is 0. The van der Waals surface area contributed by atoms with Crippen molar-refractivity contribution in [3.63, 3.8) is 0 Å². The van der Waals surface area contributed by atoms with E-state index in [2.05, 4.69) is 0 Å². The second kappa shape index (κ2) is 5.78. The number of nitrogens with zero attached hydrogens (tertiary/aromatic N) is 1. The lowest BCUT2D eigenvalue weighted by molar-refractivity contribution is -0.136. The Morgan fingerprint density at radius 3 is 2.50 bits per heavy atom. The Bertz CT molecular complexity index is 404. The number of halogens is 1. The van der Waals surface area contributed by atoms with Crippen molar-refractivity contribution in [2.75, 3.05) is 18.7 Å². The number of carbonyl (C=O) groups is 1. The zero-order valence-electron chi connectivity index (χ0n) is 11.3. The predicted octanol–water partition coefficient (Wildman–Crippen LogP) is 1.82. The predicted molar refractivity (Wildman–Crippen MR) is 73.6 cm³/mol. The minimum absolute atomic E-state index is 0.0878. The number of amides is 1. The molecule has 1 saturated heterocycles. The first kappa shape index (κ1) is 15.8. The van der Waals surface area contributed by atoms with E-state index in [1.807, 2.05) is 0 Å². The minimum atomic E-state index is -3.41. The third-order valence-corrected chi connectivity index (χ3v) is 6.02. The van der Waals surface area contributed by atoms with E-state index in [-0.39, 0.29) is 11.9 Å². The van der Waals surface area contributed by atoms with Crippen LogP contribution in [0.2, 0.25) is 0 Å². The molecule has 1 fully saturated rings. The highest BCUT2D eigenvalue weighted by atomic mass is 35.5. The Morgan fingerprint density at radius 1 is 1.39 bits per heavy atom. The average molecular weight is 296 g/mol. The fraction of sp³-hybridized carbons (Fsp3) is 0.917. The van der Waals surface area contributed by atoms with Gasteiger partial charge in [-0.1, -0.05) is 0 Å². The summed E-state index contributed by atoms with van der Waals surface area (Å²) < 4.78 is 22.1. The molecule has 0 radical (unpaired) electrons. The maximum atomic E-state index is 12.5. The van der Waals surface area contributed by atoms with Gasteiger partial charge in [0.05, 0.1) is 0 Å². The molecule has 1 unspecified atom stereocenters. The molecule has 18 heavy (non-hydrogen) atoms. The Labute approximate surface area is 115 Å². The van der Waals surface area contributed by atoms with Gasteiger partial charge in [0.15, 0.2) is 9.84 Å². The van der Waals surface area contributed by atoms with Crippen LogP contribution in [0.3, 0.4) is 0 Å². The van der Waals surface area contributed by atoms with Crippen molar-refractivity contribution >= 4 is 27.3 Å². The first-order valence-electron chi connectivity index (χ1n) is 6.28. The second-order valence-electron chi connectivity index (χ2n) is 5.41. The second-order valence-corrected chi connectivity index (χ2v) is 8.35. The molecule has 1 aliphatic rings. The lowest BCUT2D eigenvalue weighted by Crippen LogP contribution is -2.54. The van der Waals surface area contributed by atoms with Crippen molar-refractivity contribution in [2.45, 2.75) is 50.3 Å². The lowest BCUT2D eigenvalue weighted by Gasteiger charge is -2.39. The van der Waals surface area contributed by atoms with Crippen LogP contribution in [0.5, 0.6) is 0 Å². The van der Waals surface area contributed by atoms with Gasteiger partial charge >= 0.3 is 0 Å². The van der Waals surface area contributed by atoms with Gasteiger partial charge in [0, 0.05) is 24.7 Å². The van der Waals surface area contributed by atoms with E-state index in [9.17, 15) is 13.2 Å². The van der Waals surface area contributed by atoms with E-state index in [1.165, 1.54) is 13.8 Å². The minimum Gasteiger partial charge on any atom is -0.338 e. The van der Waals surface area contributed by atoms with E-state index in [0.717, 1.165) is 31.9 Å². The molecule has 1 rings (SSSR count). The van der Waals surface area contributed by atoms with Gasteiger partial charge in [-0.3, -0.25) is 4.79 Å². The van der Waals surface area contributed by atoms with Crippen LogP contribution in [0.1, 0.15) is 39.5 Å². The Morgan fingerprint density at radius 2 is 2.00 bits per heavy atom. The molecule has 0 N–H and O–H groups in total. The Hall–Kier alpha value is -0.290. The van der Waals surface area contributed by atoms with Gasteiger partial charge in [-0.15, -0.1) is 11.6 Å². The smallest absolute Gasteiger partial charge is 0.243 e. The summed E-state index contributed by atoms with van der Waals surface area (Å²) in [5, 5.41) is 0. The van der Waals surface area contributed by atoms with Crippen molar-refractivity contribution in [1.82, 2.24) is 4.90 Å². The molecule has 0 bridgehead atoms. The summed E-state index contributed by atoms with van der Waals surface area (Å²) in [4.78, 5) is 14.2. The fourth-order valence-corrected chi connectivity index (χ4v) is 2.88. The number of hydrogen-bond acceptors (Lipinski definition) is 3.